The number of likely N-dealkylation sites (tertiary alicyclic amines) is 1. The Labute approximate surface area is 182 Å². The Morgan fingerprint density at radius 2 is 2.00 bits per heavy atom. The fraction of sp³-hybridized carbons (Fsp3) is 0.391. The van der Waals surface area contributed by atoms with E-state index >= 15 is 0 Å². The largest absolute Gasteiger partial charge is 0.380 e. The minimum atomic E-state index is 0.0521. The number of aryl methyl sites for hydroxylation is 1. The molecular weight excluding hydrogens is 392 g/mol. The molecule has 3 heterocycles. The third-order valence-electron chi connectivity index (χ3n) is 5.60. The van der Waals surface area contributed by atoms with E-state index in [0.717, 1.165) is 28.8 Å². The number of hydrogen-bond acceptors (Lipinski definition) is 6. The molecule has 1 saturated heterocycles. The van der Waals surface area contributed by atoms with Crippen LogP contribution in [0.25, 0.3) is 11.1 Å². The molecule has 0 saturated carbocycles. The average Bonchev–Trinajstić information content (AvgIpc) is 3.43. The molecule has 1 unspecified atom stereocenters. The number of carbonyl (C=O) groups is 1. The number of carbonyl (C=O) groups excluding carboxylic acids is 1. The summed E-state index contributed by atoms with van der Waals surface area (Å²) in [7, 11) is 7.42. The van der Waals surface area contributed by atoms with Crippen LogP contribution in [0.5, 0.6) is 0 Å². The minimum absolute atomic E-state index is 0.0521. The van der Waals surface area contributed by atoms with Crippen molar-refractivity contribution in [2.75, 3.05) is 39.2 Å². The second kappa shape index (κ2) is 8.85. The second-order valence-electron chi connectivity index (χ2n) is 8.13. The van der Waals surface area contributed by atoms with Gasteiger partial charge in [-0.05, 0) is 24.1 Å². The molecule has 31 heavy (non-hydrogen) atoms. The van der Waals surface area contributed by atoms with E-state index in [9.17, 15) is 4.79 Å². The smallest absolute Gasteiger partial charge is 0.253 e. The fourth-order valence-corrected chi connectivity index (χ4v) is 3.96. The molecule has 0 N–H and O–H groups in total. The first-order valence-corrected chi connectivity index (χ1v) is 10.4. The molecule has 0 bridgehead atoms. The molecule has 4 rings (SSSR count). The zero-order valence-corrected chi connectivity index (χ0v) is 18.4. The lowest BCUT2D eigenvalue weighted by molar-refractivity contribution is 0.0790. The Morgan fingerprint density at radius 1 is 1.23 bits per heavy atom. The van der Waals surface area contributed by atoms with Crippen molar-refractivity contribution in [3.8, 4) is 11.1 Å². The van der Waals surface area contributed by atoms with Crippen molar-refractivity contribution in [1.82, 2.24) is 24.6 Å². The van der Waals surface area contributed by atoms with Crippen LogP contribution in [0, 0.1) is 0 Å². The van der Waals surface area contributed by atoms with Gasteiger partial charge in [0.1, 0.15) is 0 Å². The standard InChI is InChI=1S/C23H28N6O2/c1-27(2)23-24-12-20(19-11-25-28(3)13-19)21(26-23)18-9-10-29(14-18)22(30)17-7-5-16(6-8-17)15-31-4/h5-8,11-13,18H,9-10,14-15H2,1-4H3. The lowest BCUT2D eigenvalue weighted by atomic mass is 9.97. The highest BCUT2D eigenvalue weighted by Crippen LogP contribution is 2.34. The summed E-state index contributed by atoms with van der Waals surface area (Å²) in [4.78, 5) is 26.3. The molecule has 0 spiro atoms. The van der Waals surface area contributed by atoms with E-state index in [2.05, 4.69) is 10.1 Å². The van der Waals surface area contributed by atoms with E-state index in [1.54, 1.807) is 11.8 Å². The molecule has 8 nitrogen and oxygen atoms in total. The van der Waals surface area contributed by atoms with Gasteiger partial charge in [-0.15, -0.1) is 0 Å². The molecule has 1 amide bonds. The highest BCUT2D eigenvalue weighted by molar-refractivity contribution is 5.94. The minimum Gasteiger partial charge on any atom is -0.380 e. The van der Waals surface area contributed by atoms with Crippen LogP contribution in [-0.4, -0.2) is 64.9 Å². The summed E-state index contributed by atoms with van der Waals surface area (Å²) in [5.41, 5.74) is 4.68. The van der Waals surface area contributed by atoms with E-state index < -0.39 is 0 Å². The Balaban J connectivity index is 1.58. The first-order chi connectivity index (χ1) is 15.0. The molecule has 1 atom stereocenters. The van der Waals surface area contributed by atoms with E-state index in [0.29, 0.717) is 31.2 Å². The zero-order valence-electron chi connectivity index (χ0n) is 18.4. The number of rotatable bonds is 6. The van der Waals surface area contributed by atoms with Crippen molar-refractivity contribution in [1.29, 1.82) is 0 Å². The van der Waals surface area contributed by atoms with E-state index in [1.807, 2.05) is 73.8 Å². The summed E-state index contributed by atoms with van der Waals surface area (Å²) in [6, 6.07) is 7.64. The first kappa shape index (κ1) is 21.0. The summed E-state index contributed by atoms with van der Waals surface area (Å²) in [6.45, 7) is 1.88. The highest BCUT2D eigenvalue weighted by atomic mass is 16.5. The van der Waals surface area contributed by atoms with Gasteiger partial charge in [0.05, 0.1) is 18.5 Å². The van der Waals surface area contributed by atoms with Crippen LogP contribution in [0.2, 0.25) is 0 Å². The third-order valence-corrected chi connectivity index (χ3v) is 5.60. The maximum Gasteiger partial charge on any atom is 0.253 e. The Hall–Kier alpha value is -3.26. The number of methoxy groups -OCH3 is 1. The number of hydrogen-bond donors (Lipinski definition) is 0. The number of aromatic nitrogens is 4. The molecule has 1 fully saturated rings. The average molecular weight is 421 g/mol. The number of nitrogens with zero attached hydrogens (tertiary/aromatic N) is 6. The molecule has 0 radical (unpaired) electrons. The molecule has 3 aromatic rings. The third kappa shape index (κ3) is 4.44. The number of anilines is 1. The van der Waals surface area contributed by atoms with Crippen molar-refractivity contribution in [2.24, 2.45) is 7.05 Å². The zero-order chi connectivity index (χ0) is 22.0. The van der Waals surface area contributed by atoms with Gasteiger partial charge in [0.25, 0.3) is 5.91 Å². The normalized spacial score (nSPS) is 16.0. The molecule has 1 aliphatic heterocycles. The predicted octanol–water partition coefficient (Wildman–Crippen LogP) is 2.72. The van der Waals surface area contributed by atoms with Crippen molar-refractivity contribution in [2.45, 2.75) is 18.9 Å². The van der Waals surface area contributed by atoms with E-state index in [-0.39, 0.29) is 11.8 Å². The number of benzene rings is 1. The van der Waals surface area contributed by atoms with Crippen molar-refractivity contribution < 1.29 is 9.53 Å². The number of ether oxygens (including phenoxy) is 1. The fourth-order valence-electron chi connectivity index (χ4n) is 3.96. The van der Waals surface area contributed by atoms with Gasteiger partial charge in [0.2, 0.25) is 5.95 Å². The van der Waals surface area contributed by atoms with Crippen LogP contribution in [0.4, 0.5) is 5.95 Å². The maximum absolute atomic E-state index is 13.1. The van der Waals surface area contributed by atoms with Crippen molar-refractivity contribution in [3.05, 3.63) is 59.7 Å². The van der Waals surface area contributed by atoms with Crippen molar-refractivity contribution >= 4 is 11.9 Å². The van der Waals surface area contributed by atoms with Crippen LogP contribution in [0.1, 0.15) is 34.0 Å². The van der Waals surface area contributed by atoms with Crippen LogP contribution in [-0.2, 0) is 18.4 Å². The van der Waals surface area contributed by atoms with E-state index in [1.165, 1.54) is 0 Å². The Morgan fingerprint density at radius 3 is 2.65 bits per heavy atom. The van der Waals surface area contributed by atoms with Crippen LogP contribution in [0.3, 0.4) is 0 Å². The van der Waals surface area contributed by atoms with Gasteiger partial charge in [0, 0.05) is 76.3 Å². The first-order valence-electron chi connectivity index (χ1n) is 10.4. The Bertz CT molecular complexity index is 1060. The SMILES string of the molecule is COCc1ccc(C(=O)N2CCC(c3nc(N(C)C)ncc3-c3cnn(C)c3)C2)cc1. The summed E-state index contributed by atoms with van der Waals surface area (Å²) in [5.74, 6) is 0.867. The van der Waals surface area contributed by atoms with Gasteiger partial charge >= 0.3 is 0 Å². The van der Waals surface area contributed by atoms with Crippen LogP contribution in [0.15, 0.2) is 42.9 Å². The molecular formula is C23H28N6O2. The predicted molar refractivity (Wildman–Crippen MR) is 119 cm³/mol. The van der Waals surface area contributed by atoms with Gasteiger partial charge in [-0.25, -0.2) is 9.97 Å². The summed E-state index contributed by atoms with van der Waals surface area (Å²) in [6.07, 6.45) is 6.53. The molecule has 8 heteroatoms. The topological polar surface area (TPSA) is 76.4 Å². The quantitative estimate of drug-likeness (QED) is 0.610. The summed E-state index contributed by atoms with van der Waals surface area (Å²) < 4.78 is 6.92. The lowest BCUT2D eigenvalue weighted by Crippen LogP contribution is -2.28. The highest BCUT2D eigenvalue weighted by Gasteiger charge is 2.31. The van der Waals surface area contributed by atoms with Crippen LogP contribution >= 0.6 is 0 Å². The van der Waals surface area contributed by atoms with Crippen LogP contribution < -0.4 is 4.90 Å². The second-order valence-corrected chi connectivity index (χ2v) is 8.13. The monoisotopic (exact) mass is 420 g/mol. The van der Waals surface area contributed by atoms with Gasteiger partial charge in [-0.1, -0.05) is 12.1 Å². The maximum atomic E-state index is 13.1. The number of amides is 1. The summed E-state index contributed by atoms with van der Waals surface area (Å²) in [5, 5.41) is 4.30. The molecule has 1 aliphatic rings. The molecule has 1 aromatic carbocycles. The summed E-state index contributed by atoms with van der Waals surface area (Å²) >= 11 is 0. The van der Waals surface area contributed by atoms with Crippen molar-refractivity contribution in [3.63, 3.8) is 0 Å². The van der Waals surface area contributed by atoms with Gasteiger partial charge in [-0.3, -0.25) is 9.48 Å². The molecule has 162 valence electrons. The van der Waals surface area contributed by atoms with E-state index in [4.69, 9.17) is 9.72 Å². The lowest BCUT2D eigenvalue weighted by Gasteiger charge is -2.19. The molecule has 0 aliphatic carbocycles. The molecule has 2 aromatic heterocycles. The van der Waals surface area contributed by atoms with Gasteiger partial charge in [0.15, 0.2) is 0 Å². The van der Waals surface area contributed by atoms with Gasteiger partial charge < -0.3 is 14.5 Å². The van der Waals surface area contributed by atoms with Gasteiger partial charge in [-0.2, -0.15) is 5.10 Å². The Kier molecular flexibility index (Phi) is 5.99.